The monoisotopic (exact) mass is 721 g/mol. The summed E-state index contributed by atoms with van der Waals surface area (Å²) in [4.78, 5) is 20.5. The van der Waals surface area contributed by atoms with Crippen molar-refractivity contribution in [2.75, 3.05) is 46.3 Å². The summed E-state index contributed by atoms with van der Waals surface area (Å²) in [5, 5.41) is 4.50. The molecule has 4 aliphatic rings. The molecule has 53 heavy (non-hydrogen) atoms. The maximum absolute atomic E-state index is 6.63. The van der Waals surface area contributed by atoms with Gasteiger partial charge in [-0.15, -0.1) is 0 Å². The molecular formula is C41H51N7O5. The Morgan fingerprint density at radius 2 is 1.85 bits per heavy atom. The van der Waals surface area contributed by atoms with Crippen LogP contribution in [0, 0.1) is 11.8 Å². The first-order chi connectivity index (χ1) is 25.7. The van der Waals surface area contributed by atoms with Gasteiger partial charge < -0.3 is 43.5 Å². The van der Waals surface area contributed by atoms with Gasteiger partial charge in [-0.25, -0.2) is 15.0 Å². The highest BCUT2D eigenvalue weighted by molar-refractivity contribution is 5.87. The van der Waals surface area contributed by atoms with Gasteiger partial charge in [-0.05, 0) is 88.4 Å². The zero-order valence-corrected chi connectivity index (χ0v) is 31.4. The Kier molecular flexibility index (Phi) is 9.04. The second-order valence-corrected chi connectivity index (χ2v) is 16.0. The van der Waals surface area contributed by atoms with Crippen LogP contribution in [0.4, 0.5) is 5.82 Å². The number of H-pyrrole nitrogens is 1. The van der Waals surface area contributed by atoms with Crippen molar-refractivity contribution in [2.24, 2.45) is 11.8 Å². The minimum absolute atomic E-state index is 0.0261. The van der Waals surface area contributed by atoms with Crippen molar-refractivity contribution in [3.05, 3.63) is 71.9 Å². The molecule has 5 aromatic rings. The van der Waals surface area contributed by atoms with E-state index < -0.39 is 5.79 Å². The number of ether oxygens (including phenoxy) is 5. The SMILES string of the molecule is COc1ccc(CNc2ncnc3c2ccn3[C@@H]2C[C@H](CN(C)C3CC(CCc4nc5ccc(C6COC6)cc5[nH]4)C3)[C@H]3OC(C)(C)O[C@H]32)c(OC)c1. The predicted molar refractivity (Wildman–Crippen MR) is 202 cm³/mol. The van der Waals surface area contributed by atoms with E-state index in [1.165, 1.54) is 24.8 Å². The number of nitrogens with one attached hydrogen (secondary N) is 2. The number of aromatic nitrogens is 5. The van der Waals surface area contributed by atoms with Crippen molar-refractivity contribution in [2.45, 2.75) is 88.5 Å². The van der Waals surface area contributed by atoms with Crippen LogP contribution in [-0.2, 0) is 27.2 Å². The molecule has 4 fully saturated rings. The Labute approximate surface area is 310 Å². The highest BCUT2D eigenvalue weighted by Gasteiger charge is 2.55. The molecule has 4 atom stereocenters. The van der Waals surface area contributed by atoms with Crippen LogP contribution in [0.25, 0.3) is 22.1 Å². The lowest BCUT2D eigenvalue weighted by atomic mass is 9.76. The zero-order chi connectivity index (χ0) is 36.3. The van der Waals surface area contributed by atoms with Crippen molar-refractivity contribution in [3.63, 3.8) is 0 Å². The molecule has 12 nitrogen and oxygen atoms in total. The largest absolute Gasteiger partial charge is 0.497 e. The number of methoxy groups -OCH3 is 2. The average molecular weight is 722 g/mol. The maximum atomic E-state index is 6.63. The molecule has 2 N–H and O–H groups in total. The Morgan fingerprint density at radius 3 is 2.64 bits per heavy atom. The molecule has 2 aliphatic carbocycles. The molecule has 2 aliphatic heterocycles. The van der Waals surface area contributed by atoms with Crippen LogP contribution in [0.2, 0.25) is 0 Å². The lowest BCUT2D eigenvalue weighted by Crippen LogP contribution is -2.46. The van der Waals surface area contributed by atoms with Crippen LogP contribution in [0.5, 0.6) is 11.5 Å². The number of rotatable bonds is 13. The molecule has 2 saturated heterocycles. The number of benzene rings is 2. The molecule has 2 saturated carbocycles. The van der Waals surface area contributed by atoms with Gasteiger partial charge in [0, 0.05) is 55.2 Å². The van der Waals surface area contributed by atoms with Gasteiger partial charge in [-0.1, -0.05) is 6.07 Å². The first kappa shape index (κ1) is 34.5. The van der Waals surface area contributed by atoms with Crippen molar-refractivity contribution >= 4 is 27.9 Å². The zero-order valence-electron chi connectivity index (χ0n) is 31.4. The first-order valence-corrected chi connectivity index (χ1v) is 19.1. The lowest BCUT2D eigenvalue weighted by Gasteiger charge is -2.42. The van der Waals surface area contributed by atoms with E-state index in [0.29, 0.717) is 24.4 Å². The quantitative estimate of drug-likeness (QED) is 0.140. The number of imidazole rings is 1. The van der Waals surface area contributed by atoms with Gasteiger partial charge in [0.15, 0.2) is 5.79 Å². The summed E-state index contributed by atoms with van der Waals surface area (Å²) in [6.45, 7) is 7.26. The molecule has 2 aromatic carbocycles. The summed E-state index contributed by atoms with van der Waals surface area (Å²) < 4.78 is 31.9. The standard InChI is InChI=1S/C41H51N7O5/c1-41(2)52-37-27(20-47(3)29-14-24(15-29)6-11-36-45-32-10-8-25(16-33(32)46-36)28-21-51-22-28)17-34(38(37)53-41)48-13-12-31-39(43-23-44-40(31)48)42-19-26-7-9-30(49-4)18-35(26)50-5/h7-10,12-13,16,18,23-24,27-29,34,37-38H,6,11,14-15,17,19-22H2,1-5H3,(H,45,46)(H,42,43,44)/t24?,27-,29?,34-,37-,38+/m1/s1. The molecule has 5 heterocycles. The van der Waals surface area contributed by atoms with Gasteiger partial charge in [0.2, 0.25) is 0 Å². The molecule has 9 rings (SSSR count). The number of nitrogens with zero attached hydrogens (tertiary/aromatic N) is 5. The molecule has 12 heteroatoms. The number of fused-ring (bicyclic) bond motifs is 3. The summed E-state index contributed by atoms with van der Waals surface area (Å²) in [7, 11) is 5.62. The Balaban J connectivity index is 0.831. The van der Waals surface area contributed by atoms with E-state index in [2.05, 4.69) is 62.3 Å². The summed E-state index contributed by atoms with van der Waals surface area (Å²) in [5.41, 5.74) is 5.47. The Morgan fingerprint density at radius 1 is 1.00 bits per heavy atom. The van der Waals surface area contributed by atoms with Crippen LogP contribution in [-0.4, -0.2) is 94.5 Å². The highest BCUT2D eigenvalue weighted by Crippen LogP contribution is 2.49. The molecule has 0 spiro atoms. The van der Waals surface area contributed by atoms with E-state index in [1.807, 2.05) is 32.0 Å². The van der Waals surface area contributed by atoms with Crippen LogP contribution in [0.1, 0.15) is 68.4 Å². The van der Waals surface area contributed by atoms with Crippen LogP contribution in [0.15, 0.2) is 55.0 Å². The normalized spacial score (nSPS) is 26.5. The van der Waals surface area contributed by atoms with Gasteiger partial charge in [0.1, 0.15) is 41.2 Å². The van der Waals surface area contributed by atoms with Gasteiger partial charge in [0.05, 0.1) is 56.0 Å². The summed E-state index contributed by atoms with van der Waals surface area (Å²) in [5.74, 6) is 4.39. The third-order valence-electron chi connectivity index (χ3n) is 12.2. The molecule has 0 bridgehead atoms. The average Bonchev–Trinajstić information content (AvgIpc) is 3.87. The van der Waals surface area contributed by atoms with Gasteiger partial charge in [-0.2, -0.15) is 0 Å². The van der Waals surface area contributed by atoms with Crippen molar-refractivity contribution in [1.29, 1.82) is 0 Å². The van der Waals surface area contributed by atoms with E-state index in [9.17, 15) is 0 Å². The number of hydrogen-bond donors (Lipinski definition) is 2. The van der Waals surface area contributed by atoms with E-state index in [4.69, 9.17) is 33.7 Å². The molecule has 0 amide bonds. The van der Waals surface area contributed by atoms with Crippen molar-refractivity contribution in [3.8, 4) is 11.5 Å². The fourth-order valence-corrected chi connectivity index (χ4v) is 9.10. The maximum Gasteiger partial charge on any atom is 0.163 e. The van der Waals surface area contributed by atoms with E-state index >= 15 is 0 Å². The fraction of sp³-hybridized carbons (Fsp3) is 0.537. The Hall–Kier alpha value is -4.23. The first-order valence-electron chi connectivity index (χ1n) is 19.1. The summed E-state index contributed by atoms with van der Waals surface area (Å²) >= 11 is 0. The summed E-state index contributed by atoms with van der Waals surface area (Å²) in [6, 6.07) is 15.3. The van der Waals surface area contributed by atoms with Crippen LogP contribution in [0.3, 0.4) is 0 Å². The van der Waals surface area contributed by atoms with Gasteiger partial charge in [-0.3, -0.25) is 0 Å². The second-order valence-electron chi connectivity index (χ2n) is 16.0. The number of aromatic amines is 1. The second kappa shape index (κ2) is 13.9. The highest BCUT2D eigenvalue weighted by atomic mass is 16.8. The van der Waals surface area contributed by atoms with Crippen molar-refractivity contribution in [1.82, 2.24) is 29.4 Å². The molecule has 0 unspecified atom stereocenters. The minimum atomic E-state index is -0.627. The van der Waals surface area contributed by atoms with E-state index in [1.54, 1.807) is 20.5 Å². The number of anilines is 1. The predicted octanol–water partition coefficient (Wildman–Crippen LogP) is 6.48. The molecular weight excluding hydrogens is 670 g/mol. The summed E-state index contributed by atoms with van der Waals surface area (Å²) in [6.07, 6.45) is 9.34. The van der Waals surface area contributed by atoms with Crippen LogP contribution < -0.4 is 14.8 Å². The van der Waals surface area contributed by atoms with E-state index in [0.717, 1.165) is 89.3 Å². The Bertz CT molecular complexity index is 2090. The lowest BCUT2D eigenvalue weighted by molar-refractivity contribution is -0.161. The molecule has 280 valence electrons. The number of aryl methyl sites for hydroxylation is 1. The third kappa shape index (κ3) is 6.64. The number of hydrogen-bond acceptors (Lipinski definition) is 10. The molecule has 0 radical (unpaired) electrons. The van der Waals surface area contributed by atoms with Crippen LogP contribution >= 0.6 is 0 Å². The van der Waals surface area contributed by atoms with Crippen molar-refractivity contribution < 1.29 is 23.7 Å². The smallest absolute Gasteiger partial charge is 0.163 e. The topological polar surface area (TPSA) is 121 Å². The van der Waals surface area contributed by atoms with E-state index in [-0.39, 0.29) is 18.2 Å². The molecule has 3 aromatic heterocycles. The fourth-order valence-electron chi connectivity index (χ4n) is 9.10. The third-order valence-corrected chi connectivity index (χ3v) is 12.2. The van der Waals surface area contributed by atoms with Gasteiger partial charge in [0.25, 0.3) is 0 Å². The van der Waals surface area contributed by atoms with Gasteiger partial charge >= 0.3 is 0 Å². The minimum Gasteiger partial charge on any atom is -0.497 e.